The number of aliphatic hydroxyl groups is 1. The lowest BCUT2D eigenvalue weighted by atomic mass is 9.95. The highest BCUT2D eigenvalue weighted by Gasteiger charge is 2.31. The normalized spacial score (nSPS) is 18.1. The summed E-state index contributed by atoms with van der Waals surface area (Å²) in [7, 11) is 3.33. The van der Waals surface area contributed by atoms with Gasteiger partial charge in [-0.25, -0.2) is 14.5 Å². The molecule has 2 unspecified atom stereocenters. The van der Waals surface area contributed by atoms with Crippen LogP contribution in [0.4, 0.5) is 10.5 Å². The summed E-state index contributed by atoms with van der Waals surface area (Å²) in [5.74, 6) is 0.0594. The van der Waals surface area contributed by atoms with Crippen molar-refractivity contribution in [3.63, 3.8) is 0 Å². The van der Waals surface area contributed by atoms with Gasteiger partial charge in [0.2, 0.25) is 0 Å². The molecule has 2 atom stereocenters. The highest BCUT2D eigenvalue weighted by molar-refractivity contribution is 5.75. The Labute approximate surface area is 210 Å². The molecular weight excluding hydrogens is 462 g/mol. The van der Waals surface area contributed by atoms with E-state index in [1.54, 1.807) is 29.5 Å². The number of likely N-dealkylation sites (tertiary alicyclic amines) is 1. The Morgan fingerprint density at radius 1 is 1.28 bits per heavy atom. The Bertz CT molecular complexity index is 1240. The summed E-state index contributed by atoms with van der Waals surface area (Å²) >= 11 is 0. The van der Waals surface area contributed by atoms with E-state index in [0.717, 1.165) is 11.4 Å². The topological polar surface area (TPSA) is 118 Å². The van der Waals surface area contributed by atoms with Crippen LogP contribution in [0.5, 0.6) is 0 Å². The summed E-state index contributed by atoms with van der Waals surface area (Å²) in [6.07, 6.45) is 3.53. The number of anilines is 1. The van der Waals surface area contributed by atoms with Crippen LogP contribution in [0.2, 0.25) is 0 Å². The molecule has 1 aliphatic heterocycles. The molecule has 4 rings (SSSR count). The lowest BCUT2D eigenvalue weighted by Crippen LogP contribution is -2.50. The highest BCUT2D eigenvalue weighted by atomic mass is 16.5. The fourth-order valence-electron chi connectivity index (χ4n) is 4.42. The number of rotatable bonds is 8. The third-order valence-corrected chi connectivity index (χ3v) is 6.31. The van der Waals surface area contributed by atoms with Crippen LogP contribution in [0, 0.1) is 5.92 Å². The van der Waals surface area contributed by atoms with Gasteiger partial charge in [0, 0.05) is 39.4 Å². The predicted molar refractivity (Wildman–Crippen MR) is 137 cm³/mol. The molecule has 1 fully saturated rings. The molecule has 3 aromatic rings. The average Bonchev–Trinajstić information content (AvgIpc) is 3.28. The summed E-state index contributed by atoms with van der Waals surface area (Å²) in [5, 5.41) is 18.6. The molecule has 194 valence electrons. The Balaban J connectivity index is 1.43. The van der Waals surface area contributed by atoms with E-state index in [-0.39, 0.29) is 23.6 Å². The molecule has 2 N–H and O–H groups in total. The number of fused-ring (bicyclic) bond motifs is 1. The minimum Gasteiger partial charge on any atom is -0.383 e. The second-order valence-electron chi connectivity index (χ2n) is 9.63. The Hall–Kier alpha value is -3.44. The second kappa shape index (κ2) is 11.1. The molecule has 1 saturated heterocycles. The lowest BCUT2D eigenvalue weighted by molar-refractivity contribution is -0.0241. The van der Waals surface area contributed by atoms with Gasteiger partial charge in [0.25, 0.3) is 5.56 Å². The molecular formula is C25H35N7O4. The third kappa shape index (κ3) is 5.68. The number of carbonyl (C=O) groups excluding carboxylic acids is 1. The smallest absolute Gasteiger partial charge is 0.321 e. The number of piperidine rings is 1. The maximum absolute atomic E-state index is 13.2. The van der Waals surface area contributed by atoms with Crippen molar-refractivity contribution >= 4 is 22.8 Å². The van der Waals surface area contributed by atoms with Gasteiger partial charge in [0.15, 0.2) is 5.65 Å². The monoisotopic (exact) mass is 497 g/mol. The zero-order chi connectivity index (χ0) is 25.8. The van der Waals surface area contributed by atoms with Gasteiger partial charge in [0.05, 0.1) is 30.9 Å². The first-order chi connectivity index (χ1) is 17.2. The molecule has 0 saturated carbocycles. The number of ether oxygens (including phenoxy) is 1. The van der Waals surface area contributed by atoms with E-state index in [1.165, 1.54) is 16.1 Å². The van der Waals surface area contributed by atoms with Gasteiger partial charge in [-0.15, -0.1) is 0 Å². The maximum Gasteiger partial charge on any atom is 0.321 e. The summed E-state index contributed by atoms with van der Waals surface area (Å²) in [6.45, 7) is 6.23. The summed E-state index contributed by atoms with van der Waals surface area (Å²) < 4.78 is 8.77. The molecule has 0 radical (unpaired) electrons. The van der Waals surface area contributed by atoms with Crippen molar-refractivity contribution in [2.45, 2.75) is 45.6 Å². The van der Waals surface area contributed by atoms with Crippen LogP contribution < -0.4 is 10.9 Å². The number of benzene rings is 1. The minimum absolute atomic E-state index is 0.0594. The van der Waals surface area contributed by atoms with Gasteiger partial charge >= 0.3 is 6.03 Å². The van der Waals surface area contributed by atoms with E-state index in [0.29, 0.717) is 50.1 Å². The van der Waals surface area contributed by atoms with Gasteiger partial charge in [0.1, 0.15) is 11.6 Å². The van der Waals surface area contributed by atoms with E-state index in [4.69, 9.17) is 4.74 Å². The number of hydrogen-bond donors (Lipinski definition) is 2. The third-order valence-electron chi connectivity index (χ3n) is 6.31. The van der Waals surface area contributed by atoms with Crippen LogP contribution in [0.3, 0.4) is 0 Å². The fraction of sp³-hybridized carbons (Fsp3) is 0.520. The van der Waals surface area contributed by atoms with Crippen LogP contribution in [-0.2, 0) is 11.3 Å². The quantitative estimate of drug-likeness (QED) is 0.458. The number of nitrogens with one attached hydrogen (secondary N) is 1. The van der Waals surface area contributed by atoms with Crippen molar-refractivity contribution in [3.05, 3.63) is 47.1 Å². The zero-order valence-electron chi connectivity index (χ0n) is 21.3. The second-order valence-corrected chi connectivity index (χ2v) is 9.63. The average molecular weight is 498 g/mol. The first-order valence-corrected chi connectivity index (χ1v) is 12.3. The van der Waals surface area contributed by atoms with Crippen LogP contribution in [0.15, 0.2) is 41.6 Å². The summed E-state index contributed by atoms with van der Waals surface area (Å²) in [6, 6.07) is 7.55. The van der Waals surface area contributed by atoms with Crippen molar-refractivity contribution in [2.24, 2.45) is 5.92 Å². The van der Waals surface area contributed by atoms with Gasteiger partial charge in [-0.2, -0.15) is 5.10 Å². The summed E-state index contributed by atoms with van der Waals surface area (Å²) in [4.78, 5) is 32.8. The van der Waals surface area contributed by atoms with Crippen molar-refractivity contribution in [3.8, 4) is 5.69 Å². The van der Waals surface area contributed by atoms with E-state index in [1.807, 2.05) is 38.1 Å². The number of amides is 2. The number of nitrogens with zero attached hydrogens (tertiary/aromatic N) is 6. The molecule has 0 aliphatic carbocycles. The van der Waals surface area contributed by atoms with Crippen molar-refractivity contribution in [1.82, 2.24) is 29.1 Å². The molecule has 2 aromatic heterocycles. The largest absolute Gasteiger partial charge is 0.383 e. The molecule has 1 aliphatic rings. The lowest BCUT2D eigenvalue weighted by Gasteiger charge is -2.37. The Kier molecular flexibility index (Phi) is 7.90. The van der Waals surface area contributed by atoms with Crippen LogP contribution in [-0.4, -0.2) is 86.4 Å². The van der Waals surface area contributed by atoms with Crippen molar-refractivity contribution in [2.75, 3.05) is 39.1 Å². The molecule has 0 bridgehead atoms. The maximum atomic E-state index is 13.2. The van der Waals surface area contributed by atoms with Crippen LogP contribution >= 0.6 is 0 Å². The Morgan fingerprint density at radius 3 is 2.69 bits per heavy atom. The minimum atomic E-state index is -0.867. The van der Waals surface area contributed by atoms with Crippen molar-refractivity contribution < 1.29 is 14.6 Å². The number of urea groups is 1. The SMILES string of the molecule is CC(C)OCCNc1ccc(-n2ncc3c(=O)n(CC4CCN(C(=O)N(C)C)C(O)C4)cnc32)cc1. The Morgan fingerprint density at radius 2 is 2.03 bits per heavy atom. The molecule has 11 heteroatoms. The first kappa shape index (κ1) is 25.6. The molecule has 0 spiro atoms. The predicted octanol–water partition coefficient (Wildman–Crippen LogP) is 2.13. The van der Waals surface area contributed by atoms with Gasteiger partial charge < -0.3 is 20.1 Å². The number of carbonyl (C=O) groups is 1. The standard InChI is InChI=1S/C25H35N7O4/c1-17(2)36-12-10-26-19-5-7-20(8-6-19)32-23-21(14-28-32)24(34)30(16-27-23)15-18-9-11-31(22(33)13-18)25(35)29(3)4/h5-8,14,16-18,22,26,33H,9-13,15H2,1-4H3. The molecule has 1 aromatic carbocycles. The number of aliphatic hydroxyl groups excluding tert-OH is 1. The van der Waals surface area contributed by atoms with E-state index < -0.39 is 6.23 Å². The first-order valence-electron chi connectivity index (χ1n) is 12.3. The highest BCUT2D eigenvalue weighted by Crippen LogP contribution is 2.24. The number of hydrogen-bond acceptors (Lipinski definition) is 7. The van der Waals surface area contributed by atoms with Crippen molar-refractivity contribution in [1.29, 1.82) is 0 Å². The fourth-order valence-corrected chi connectivity index (χ4v) is 4.42. The van der Waals surface area contributed by atoms with Crippen LogP contribution in [0.1, 0.15) is 26.7 Å². The van der Waals surface area contributed by atoms with Gasteiger partial charge in [-0.3, -0.25) is 14.3 Å². The van der Waals surface area contributed by atoms with Crippen LogP contribution in [0.25, 0.3) is 16.7 Å². The van der Waals surface area contributed by atoms with E-state index >= 15 is 0 Å². The van der Waals surface area contributed by atoms with E-state index in [2.05, 4.69) is 15.4 Å². The number of aromatic nitrogens is 4. The summed E-state index contributed by atoms with van der Waals surface area (Å²) in [5.41, 5.74) is 2.10. The van der Waals surface area contributed by atoms with Gasteiger partial charge in [-0.1, -0.05) is 0 Å². The van der Waals surface area contributed by atoms with Gasteiger partial charge in [-0.05, 0) is 56.9 Å². The molecule has 3 heterocycles. The zero-order valence-corrected chi connectivity index (χ0v) is 21.3. The van der Waals surface area contributed by atoms with E-state index in [9.17, 15) is 14.7 Å². The molecule has 2 amide bonds. The molecule has 11 nitrogen and oxygen atoms in total. The molecule has 36 heavy (non-hydrogen) atoms.